The average Bonchev–Trinajstić information content (AvgIpc) is 2.30. The van der Waals surface area contributed by atoms with E-state index in [1.807, 2.05) is 0 Å². The first-order valence-electron chi connectivity index (χ1n) is 6.78. The number of rotatable bonds is 3. The van der Waals surface area contributed by atoms with Crippen LogP contribution in [0.25, 0.3) is 0 Å². The molecule has 4 heteroatoms. The van der Waals surface area contributed by atoms with E-state index in [1.54, 1.807) is 0 Å². The van der Waals surface area contributed by atoms with Gasteiger partial charge in [0.1, 0.15) is 0 Å². The van der Waals surface area contributed by atoms with Crippen molar-refractivity contribution in [2.24, 2.45) is 0 Å². The summed E-state index contributed by atoms with van der Waals surface area (Å²) in [4.78, 5) is 15.9. The molecule has 0 atom stereocenters. The summed E-state index contributed by atoms with van der Waals surface area (Å²) in [5.74, 6) is -0.633. The summed E-state index contributed by atoms with van der Waals surface area (Å²) in [5, 5.41) is 9.18. The molecule has 2 fully saturated rings. The molecule has 0 bridgehead atoms. The zero-order valence-corrected chi connectivity index (χ0v) is 10.8. The number of hydrogen-bond acceptors (Lipinski definition) is 3. The minimum absolute atomic E-state index is 0.0364. The zero-order valence-electron chi connectivity index (χ0n) is 10.8. The highest BCUT2D eigenvalue weighted by molar-refractivity contribution is 5.68. The molecule has 0 unspecified atom stereocenters. The van der Waals surface area contributed by atoms with Crippen molar-refractivity contribution in [1.82, 2.24) is 9.80 Å². The van der Waals surface area contributed by atoms with Crippen LogP contribution in [0.4, 0.5) is 0 Å². The minimum Gasteiger partial charge on any atom is -0.481 e. The van der Waals surface area contributed by atoms with Crippen LogP contribution in [-0.2, 0) is 4.79 Å². The first-order chi connectivity index (χ1) is 8.12. The lowest BCUT2D eigenvalue weighted by atomic mass is 9.77. The second-order valence-electron chi connectivity index (χ2n) is 5.65. The van der Waals surface area contributed by atoms with Crippen molar-refractivity contribution < 1.29 is 9.90 Å². The Bertz CT molecular complexity index is 267. The lowest BCUT2D eigenvalue weighted by Crippen LogP contribution is -2.58. The molecule has 0 spiro atoms. The van der Waals surface area contributed by atoms with Gasteiger partial charge in [-0.15, -0.1) is 0 Å². The van der Waals surface area contributed by atoms with Gasteiger partial charge in [-0.3, -0.25) is 9.69 Å². The molecule has 17 heavy (non-hydrogen) atoms. The molecular formula is C13H24N2O2. The first kappa shape index (κ1) is 12.8. The fraction of sp³-hybridized carbons (Fsp3) is 0.923. The third-order valence-electron chi connectivity index (χ3n) is 4.44. The number of carboxylic acids is 1. The highest BCUT2D eigenvalue weighted by Crippen LogP contribution is 2.37. The predicted octanol–water partition coefficient (Wildman–Crippen LogP) is 1.41. The summed E-state index contributed by atoms with van der Waals surface area (Å²) >= 11 is 0. The smallest absolute Gasteiger partial charge is 0.305 e. The summed E-state index contributed by atoms with van der Waals surface area (Å²) in [5.41, 5.74) is -0.0364. The second-order valence-corrected chi connectivity index (χ2v) is 5.65. The van der Waals surface area contributed by atoms with Crippen molar-refractivity contribution in [3.8, 4) is 0 Å². The van der Waals surface area contributed by atoms with Crippen LogP contribution in [0, 0.1) is 0 Å². The quantitative estimate of drug-likeness (QED) is 0.810. The molecule has 1 saturated carbocycles. The molecule has 1 N–H and O–H groups in total. The molecule has 4 nitrogen and oxygen atoms in total. The second kappa shape index (κ2) is 5.36. The zero-order chi connectivity index (χ0) is 12.3. The number of carboxylic acid groups (broad SMARTS) is 1. The van der Waals surface area contributed by atoms with Gasteiger partial charge in [0.15, 0.2) is 0 Å². The van der Waals surface area contributed by atoms with Gasteiger partial charge in [0, 0.05) is 31.7 Å². The van der Waals surface area contributed by atoms with Crippen molar-refractivity contribution in [3.05, 3.63) is 0 Å². The largest absolute Gasteiger partial charge is 0.481 e. The lowest BCUT2D eigenvalue weighted by molar-refractivity contribution is -0.142. The molecule has 1 saturated heterocycles. The molecule has 98 valence electrons. The molecule has 0 aromatic rings. The van der Waals surface area contributed by atoms with Crippen molar-refractivity contribution in [3.63, 3.8) is 0 Å². The van der Waals surface area contributed by atoms with Crippen LogP contribution in [0.1, 0.15) is 38.5 Å². The maximum atomic E-state index is 11.1. The monoisotopic (exact) mass is 240 g/mol. The number of aliphatic carboxylic acids is 1. The molecule has 2 rings (SSSR count). The molecule has 0 aromatic heterocycles. The molecule has 1 heterocycles. The Morgan fingerprint density at radius 2 is 1.71 bits per heavy atom. The van der Waals surface area contributed by atoms with Crippen LogP contribution in [0.3, 0.4) is 0 Å². The van der Waals surface area contributed by atoms with E-state index in [-0.39, 0.29) is 5.54 Å². The third kappa shape index (κ3) is 2.99. The van der Waals surface area contributed by atoms with E-state index in [1.165, 1.54) is 19.3 Å². The number of likely N-dealkylation sites (N-methyl/N-ethyl adjacent to an activating group) is 1. The summed E-state index contributed by atoms with van der Waals surface area (Å²) in [6.07, 6.45) is 6.14. The maximum absolute atomic E-state index is 11.1. The summed E-state index contributed by atoms with van der Waals surface area (Å²) in [6.45, 7) is 4.20. The van der Waals surface area contributed by atoms with Gasteiger partial charge < -0.3 is 10.0 Å². The predicted molar refractivity (Wildman–Crippen MR) is 67.1 cm³/mol. The fourth-order valence-corrected chi connectivity index (χ4v) is 3.38. The number of piperazine rings is 1. The summed E-state index contributed by atoms with van der Waals surface area (Å²) in [7, 11) is 2.14. The van der Waals surface area contributed by atoms with Crippen molar-refractivity contribution in [2.75, 3.05) is 33.2 Å². The molecule has 1 aliphatic heterocycles. The van der Waals surface area contributed by atoms with E-state index in [0.29, 0.717) is 6.42 Å². The van der Waals surface area contributed by atoms with Crippen LogP contribution in [0.15, 0.2) is 0 Å². The lowest BCUT2D eigenvalue weighted by Gasteiger charge is -2.48. The van der Waals surface area contributed by atoms with Crippen LogP contribution >= 0.6 is 0 Å². The highest BCUT2D eigenvalue weighted by Gasteiger charge is 2.40. The van der Waals surface area contributed by atoms with Crippen LogP contribution in [0.5, 0.6) is 0 Å². The fourth-order valence-electron chi connectivity index (χ4n) is 3.38. The van der Waals surface area contributed by atoms with Gasteiger partial charge in [0.25, 0.3) is 0 Å². The van der Waals surface area contributed by atoms with Crippen molar-refractivity contribution >= 4 is 5.97 Å². The highest BCUT2D eigenvalue weighted by atomic mass is 16.4. The molecular weight excluding hydrogens is 216 g/mol. The van der Waals surface area contributed by atoms with Gasteiger partial charge in [-0.25, -0.2) is 0 Å². The van der Waals surface area contributed by atoms with Gasteiger partial charge in [-0.05, 0) is 19.9 Å². The molecule has 1 aliphatic carbocycles. The normalized spacial score (nSPS) is 26.9. The van der Waals surface area contributed by atoms with E-state index < -0.39 is 5.97 Å². The van der Waals surface area contributed by atoms with Gasteiger partial charge >= 0.3 is 5.97 Å². The maximum Gasteiger partial charge on any atom is 0.305 e. The number of hydrogen-bond donors (Lipinski definition) is 1. The SMILES string of the molecule is CN1CCN(C2(CC(=O)O)CCCCC2)CC1. The molecule has 2 aliphatic rings. The summed E-state index contributed by atoms with van der Waals surface area (Å²) < 4.78 is 0. The van der Waals surface area contributed by atoms with E-state index in [0.717, 1.165) is 39.0 Å². The van der Waals surface area contributed by atoms with E-state index >= 15 is 0 Å². The van der Waals surface area contributed by atoms with Gasteiger partial charge in [-0.1, -0.05) is 19.3 Å². The standard InChI is InChI=1S/C13H24N2O2/c1-14-7-9-15(10-8-14)13(11-12(16)17)5-3-2-4-6-13/h2-11H2,1H3,(H,16,17). The van der Waals surface area contributed by atoms with Crippen molar-refractivity contribution in [1.29, 1.82) is 0 Å². The van der Waals surface area contributed by atoms with Gasteiger partial charge in [0.2, 0.25) is 0 Å². The summed E-state index contributed by atoms with van der Waals surface area (Å²) in [6, 6.07) is 0. The van der Waals surface area contributed by atoms with Crippen LogP contribution in [-0.4, -0.2) is 59.6 Å². The van der Waals surface area contributed by atoms with E-state index in [4.69, 9.17) is 0 Å². The van der Waals surface area contributed by atoms with Crippen molar-refractivity contribution in [2.45, 2.75) is 44.1 Å². The number of carbonyl (C=O) groups is 1. The molecule has 0 radical (unpaired) electrons. The van der Waals surface area contributed by atoms with E-state index in [2.05, 4.69) is 16.8 Å². The minimum atomic E-state index is -0.633. The van der Waals surface area contributed by atoms with E-state index in [9.17, 15) is 9.90 Å². The Kier molecular flexibility index (Phi) is 4.05. The molecule has 0 aromatic carbocycles. The van der Waals surface area contributed by atoms with Gasteiger partial charge in [0.05, 0.1) is 6.42 Å². The first-order valence-corrected chi connectivity index (χ1v) is 6.78. The average molecular weight is 240 g/mol. The Morgan fingerprint density at radius 3 is 2.24 bits per heavy atom. The Morgan fingerprint density at radius 1 is 1.12 bits per heavy atom. The Labute approximate surface area is 104 Å². The van der Waals surface area contributed by atoms with Gasteiger partial charge in [-0.2, -0.15) is 0 Å². The third-order valence-corrected chi connectivity index (χ3v) is 4.44. The Hall–Kier alpha value is -0.610. The van der Waals surface area contributed by atoms with Crippen LogP contribution < -0.4 is 0 Å². The molecule has 0 amide bonds. The Balaban J connectivity index is 2.06. The topological polar surface area (TPSA) is 43.8 Å². The van der Waals surface area contributed by atoms with Crippen LogP contribution in [0.2, 0.25) is 0 Å². The number of nitrogens with zero attached hydrogens (tertiary/aromatic N) is 2.